The molecule has 158 valence electrons. The maximum atomic E-state index is 12.2. The molecule has 7 heteroatoms. The Bertz CT molecular complexity index is 1070. The molecule has 0 bridgehead atoms. The number of hydrogen-bond acceptors (Lipinski definition) is 5. The molecule has 0 radical (unpaired) electrons. The first-order chi connectivity index (χ1) is 15.1. The number of carbonyl (C=O) groups excluding carboxylic acids is 2. The van der Waals surface area contributed by atoms with Crippen molar-refractivity contribution in [2.75, 3.05) is 0 Å². The van der Waals surface area contributed by atoms with Crippen LogP contribution in [0, 0.1) is 0 Å². The molecule has 1 aliphatic rings. The van der Waals surface area contributed by atoms with E-state index >= 15 is 0 Å². The Hall–Kier alpha value is -3.74. The van der Waals surface area contributed by atoms with Crippen LogP contribution >= 0.6 is 0 Å². The number of esters is 1. The zero-order valence-electron chi connectivity index (χ0n) is 17.3. The van der Waals surface area contributed by atoms with E-state index in [1.54, 1.807) is 25.4 Å². The van der Waals surface area contributed by atoms with E-state index in [1.165, 1.54) is 6.08 Å². The first kappa shape index (κ1) is 20.5. The average Bonchev–Trinajstić information content (AvgIpc) is 3.51. The maximum absolute atomic E-state index is 12.2. The highest BCUT2D eigenvalue weighted by Gasteiger charge is 2.26. The van der Waals surface area contributed by atoms with Gasteiger partial charge in [-0.2, -0.15) is 5.10 Å². The van der Waals surface area contributed by atoms with Gasteiger partial charge < -0.3 is 10.1 Å². The van der Waals surface area contributed by atoms with Crippen LogP contribution in [0.3, 0.4) is 0 Å². The summed E-state index contributed by atoms with van der Waals surface area (Å²) in [6.45, 7) is 2.17. The monoisotopic (exact) mass is 416 g/mol. The summed E-state index contributed by atoms with van der Waals surface area (Å²) in [5.74, 6) is -0.845. The summed E-state index contributed by atoms with van der Waals surface area (Å²) < 4.78 is 7.06. The molecule has 1 fully saturated rings. The number of pyridine rings is 1. The summed E-state index contributed by atoms with van der Waals surface area (Å²) in [6, 6.07) is 14.0. The van der Waals surface area contributed by atoms with Crippen molar-refractivity contribution in [3.8, 4) is 11.3 Å². The summed E-state index contributed by atoms with van der Waals surface area (Å²) in [7, 11) is 0. The molecule has 1 amide bonds. The molecular formula is C24H24N4O3. The predicted octanol–water partition coefficient (Wildman–Crippen LogP) is 3.22. The van der Waals surface area contributed by atoms with Crippen molar-refractivity contribution in [3.63, 3.8) is 0 Å². The molecule has 31 heavy (non-hydrogen) atoms. The number of amides is 1. The van der Waals surface area contributed by atoms with Gasteiger partial charge in [0.05, 0.1) is 6.54 Å². The van der Waals surface area contributed by atoms with Crippen molar-refractivity contribution < 1.29 is 14.3 Å². The molecule has 1 saturated carbocycles. The van der Waals surface area contributed by atoms with Crippen LogP contribution in [-0.2, 0) is 20.9 Å². The molecule has 0 unspecified atom stereocenters. The smallest absolute Gasteiger partial charge is 0.331 e. The molecule has 0 aliphatic heterocycles. The van der Waals surface area contributed by atoms with Crippen molar-refractivity contribution in [1.82, 2.24) is 20.1 Å². The number of nitrogens with zero attached hydrogens (tertiary/aromatic N) is 3. The molecule has 0 saturated heterocycles. The molecule has 2 aromatic heterocycles. The number of rotatable bonds is 8. The van der Waals surface area contributed by atoms with Crippen LogP contribution in [0.25, 0.3) is 17.3 Å². The molecule has 0 spiro atoms. The molecule has 3 aromatic rings. The topological polar surface area (TPSA) is 86.1 Å². The van der Waals surface area contributed by atoms with Crippen molar-refractivity contribution in [3.05, 3.63) is 78.3 Å². The third kappa shape index (κ3) is 5.66. The van der Waals surface area contributed by atoms with E-state index in [2.05, 4.69) is 10.3 Å². The Morgan fingerprint density at radius 3 is 2.74 bits per heavy atom. The van der Waals surface area contributed by atoms with Gasteiger partial charge in [0.15, 0.2) is 6.10 Å². The lowest BCUT2D eigenvalue weighted by Crippen LogP contribution is -2.36. The van der Waals surface area contributed by atoms with Crippen LogP contribution in [0.15, 0.2) is 67.1 Å². The number of carbonyl (C=O) groups is 2. The highest BCUT2D eigenvalue weighted by Crippen LogP contribution is 2.23. The fourth-order valence-electron chi connectivity index (χ4n) is 3.11. The fourth-order valence-corrected chi connectivity index (χ4v) is 3.11. The summed E-state index contributed by atoms with van der Waals surface area (Å²) in [5, 5.41) is 7.52. The van der Waals surface area contributed by atoms with Gasteiger partial charge in [0.2, 0.25) is 0 Å². The predicted molar refractivity (Wildman–Crippen MR) is 117 cm³/mol. The van der Waals surface area contributed by atoms with Gasteiger partial charge >= 0.3 is 5.97 Å². The molecule has 4 rings (SSSR count). The number of aromatic nitrogens is 3. The molecule has 7 nitrogen and oxygen atoms in total. The normalized spacial score (nSPS) is 14.4. The Kier molecular flexibility index (Phi) is 6.21. The van der Waals surface area contributed by atoms with E-state index < -0.39 is 12.1 Å². The Balaban J connectivity index is 1.50. The second-order valence-electron chi connectivity index (χ2n) is 7.55. The number of hydrogen-bond donors (Lipinski definition) is 1. The van der Waals surface area contributed by atoms with Crippen molar-refractivity contribution in [2.24, 2.45) is 0 Å². The molecule has 2 heterocycles. The molecular weight excluding hydrogens is 392 g/mol. The highest BCUT2D eigenvalue weighted by atomic mass is 16.5. The van der Waals surface area contributed by atoms with E-state index in [-0.39, 0.29) is 11.9 Å². The van der Waals surface area contributed by atoms with E-state index in [0.717, 1.165) is 29.5 Å². The zero-order valence-corrected chi connectivity index (χ0v) is 17.3. The Morgan fingerprint density at radius 1 is 1.23 bits per heavy atom. The third-order valence-electron chi connectivity index (χ3n) is 4.90. The lowest BCUT2D eigenvalue weighted by molar-refractivity contribution is -0.150. The van der Waals surface area contributed by atoms with E-state index in [4.69, 9.17) is 9.84 Å². The van der Waals surface area contributed by atoms with Gasteiger partial charge in [-0.3, -0.25) is 14.5 Å². The minimum absolute atomic E-state index is 0.224. The fraction of sp³-hybridized carbons (Fsp3) is 0.250. The minimum atomic E-state index is -0.837. The maximum Gasteiger partial charge on any atom is 0.331 e. The highest BCUT2D eigenvalue weighted by molar-refractivity contribution is 5.91. The summed E-state index contributed by atoms with van der Waals surface area (Å²) in [5.41, 5.74) is 3.44. The first-order valence-electron chi connectivity index (χ1n) is 10.3. The van der Waals surface area contributed by atoms with Gasteiger partial charge in [-0.15, -0.1) is 0 Å². The molecule has 1 atom stereocenters. The second-order valence-corrected chi connectivity index (χ2v) is 7.55. The first-order valence-corrected chi connectivity index (χ1v) is 10.3. The number of nitrogens with one attached hydrogen (secondary N) is 1. The molecule has 1 N–H and O–H groups in total. The van der Waals surface area contributed by atoms with Crippen LogP contribution in [0.5, 0.6) is 0 Å². The SMILES string of the molecule is C[C@@H](OC(=O)/C=C/c1cn(Cc2ccccc2)nc1-c1cccnc1)C(=O)NC1CC1. The van der Waals surface area contributed by atoms with E-state index in [1.807, 2.05) is 53.3 Å². The summed E-state index contributed by atoms with van der Waals surface area (Å²) >= 11 is 0. The van der Waals surface area contributed by atoms with Crippen LogP contribution in [0.4, 0.5) is 0 Å². The van der Waals surface area contributed by atoms with E-state index in [0.29, 0.717) is 12.2 Å². The van der Waals surface area contributed by atoms with Gasteiger partial charge in [-0.05, 0) is 43.5 Å². The molecule has 1 aromatic carbocycles. The number of benzene rings is 1. The van der Waals surface area contributed by atoms with E-state index in [9.17, 15) is 9.59 Å². The molecule has 1 aliphatic carbocycles. The van der Waals surface area contributed by atoms with Gasteiger partial charge in [0, 0.05) is 41.8 Å². The van der Waals surface area contributed by atoms with Crippen LogP contribution in [0.1, 0.15) is 30.9 Å². The quantitative estimate of drug-likeness (QED) is 0.450. The van der Waals surface area contributed by atoms with Crippen molar-refractivity contribution in [1.29, 1.82) is 0 Å². The largest absolute Gasteiger partial charge is 0.449 e. The lowest BCUT2D eigenvalue weighted by Gasteiger charge is -2.11. The Morgan fingerprint density at radius 2 is 2.03 bits per heavy atom. The zero-order chi connectivity index (χ0) is 21.6. The van der Waals surface area contributed by atoms with Crippen molar-refractivity contribution in [2.45, 2.75) is 38.5 Å². The minimum Gasteiger partial charge on any atom is -0.449 e. The Labute approximate surface area is 180 Å². The number of ether oxygens (including phenoxy) is 1. The van der Waals surface area contributed by atoms with Gasteiger partial charge in [-0.25, -0.2) is 4.79 Å². The van der Waals surface area contributed by atoms with Crippen molar-refractivity contribution >= 4 is 18.0 Å². The van der Waals surface area contributed by atoms with Crippen LogP contribution in [-0.4, -0.2) is 38.8 Å². The van der Waals surface area contributed by atoms with Gasteiger partial charge in [0.1, 0.15) is 5.69 Å². The standard InChI is InChI=1S/C24H24N4O3/c1-17(24(30)26-21-10-11-21)31-22(29)12-9-20-16-28(15-18-6-3-2-4-7-18)27-23(20)19-8-5-13-25-14-19/h2-9,12-14,16-17,21H,10-11,15H2,1H3,(H,26,30)/b12-9+/t17-/m1/s1. The lowest BCUT2D eigenvalue weighted by atomic mass is 10.1. The average molecular weight is 416 g/mol. The van der Waals surface area contributed by atoms with Crippen LogP contribution in [0.2, 0.25) is 0 Å². The van der Waals surface area contributed by atoms with Gasteiger partial charge in [0.25, 0.3) is 5.91 Å². The van der Waals surface area contributed by atoms with Gasteiger partial charge in [-0.1, -0.05) is 30.3 Å². The summed E-state index contributed by atoms with van der Waals surface area (Å²) in [6.07, 6.45) is 9.42. The van der Waals surface area contributed by atoms with Crippen LogP contribution < -0.4 is 5.32 Å². The third-order valence-corrected chi connectivity index (χ3v) is 4.90. The second kappa shape index (κ2) is 9.38. The summed E-state index contributed by atoms with van der Waals surface area (Å²) in [4.78, 5) is 28.4.